The first-order valence-corrected chi connectivity index (χ1v) is 9.91. The topological polar surface area (TPSA) is 49.4 Å². The van der Waals surface area contributed by atoms with Gasteiger partial charge in [0.2, 0.25) is 0 Å². The van der Waals surface area contributed by atoms with Crippen molar-refractivity contribution in [1.29, 1.82) is 0 Å². The third-order valence-corrected chi connectivity index (χ3v) is 6.31. The zero-order chi connectivity index (χ0) is 16.3. The Balaban J connectivity index is 2.15. The molecule has 0 aromatic heterocycles. The van der Waals surface area contributed by atoms with Gasteiger partial charge in [0, 0.05) is 18.3 Å². The fourth-order valence-electron chi connectivity index (χ4n) is 2.79. The molecule has 0 aliphatic carbocycles. The fraction of sp³-hybridized carbons (Fsp3) is 0.562. The zero-order valence-corrected chi connectivity index (χ0v) is 15.1. The van der Waals surface area contributed by atoms with E-state index in [-0.39, 0.29) is 17.5 Å². The predicted octanol–water partition coefficient (Wildman–Crippen LogP) is 2.90. The van der Waals surface area contributed by atoms with Gasteiger partial charge >= 0.3 is 0 Å². The van der Waals surface area contributed by atoms with Crippen LogP contribution in [0.25, 0.3) is 0 Å². The predicted molar refractivity (Wildman–Crippen MR) is 96.2 cm³/mol. The van der Waals surface area contributed by atoms with Gasteiger partial charge in [-0.25, -0.2) is 8.42 Å². The molecule has 2 rings (SSSR count). The van der Waals surface area contributed by atoms with E-state index in [4.69, 9.17) is 12.2 Å². The molecule has 0 amide bonds. The molecule has 1 atom stereocenters. The van der Waals surface area contributed by atoms with E-state index in [1.54, 1.807) is 0 Å². The van der Waals surface area contributed by atoms with Crippen LogP contribution in [0.4, 0.5) is 5.69 Å². The first-order valence-electron chi connectivity index (χ1n) is 7.68. The van der Waals surface area contributed by atoms with Gasteiger partial charge in [-0.1, -0.05) is 19.1 Å². The Morgan fingerprint density at radius 1 is 1.41 bits per heavy atom. The lowest BCUT2D eigenvalue weighted by molar-refractivity contribution is 0.339. The number of nitrogens with zero attached hydrogens (tertiary/aromatic N) is 1. The molecular formula is C16H24N2O2S2. The van der Waals surface area contributed by atoms with E-state index < -0.39 is 9.84 Å². The summed E-state index contributed by atoms with van der Waals surface area (Å²) in [4.78, 5) is 2.04. The molecule has 22 heavy (non-hydrogen) atoms. The second-order valence-corrected chi connectivity index (χ2v) is 8.54. The van der Waals surface area contributed by atoms with Crippen molar-refractivity contribution in [3.05, 3.63) is 29.3 Å². The molecule has 122 valence electrons. The standard InChI is InChI=1S/C16H24N2O2S2/c1-4-9-18(14-8-10-22(19,20)11-14)16(21)17-15-7-5-6-12(2)13(15)3/h5-7,14H,4,8-11H2,1-3H3,(H,17,21)/t14-/m1/s1. The number of thiocarbonyl (C=S) groups is 1. The second kappa shape index (κ2) is 6.96. The Kier molecular flexibility index (Phi) is 5.45. The average Bonchev–Trinajstić information content (AvgIpc) is 2.81. The number of hydrogen-bond acceptors (Lipinski definition) is 3. The Morgan fingerprint density at radius 2 is 2.14 bits per heavy atom. The van der Waals surface area contributed by atoms with Gasteiger partial charge in [0.1, 0.15) is 0 Å². The number of nitrogens with one attached hydrogen (secondary N) is 1. The maximum Gasteiger partial charge on any atom is 0.173 e. The molecule has 6 heteroatoms. The van der Waals surface area contributed by atoms with E-state index in [0.29, 0.717) is 11.5 Å². The molecule has 1 aromatic carbocycles. The van der Waals surface area contributed by atoms with Gasteiger partial charge in [-0.15, -0.1) is 0 Å². The molecule has 1 aliphatic heterocycles. The van der Waals surface area contributed by atoms with Gasteiger partial charge < -0.3 is 10.2 Å². The Hall–Kier alpha value is -1.14. The number of benzene rings is 1. The molecule has 1 aromatic rings. The van der Waals surface area contributed by atoms with Crippen LogP contribution in [0, 0.1) is 13.8 Å². The summed E-state index contributed by atoms with van der Waals surface area (Å²) in [6.45, 7) is 6.98. The monoisotopic (exact) mass is 340 g/mol. The van der Waals surface area contributed by atoms with Gasteiger partial charge in [-0.05, 0) is 56.1 Å². The Bertz CT molecular complexity index is 656. The van der Waals surface area contributed by atoms with Crippen LogP contribution in [0.15, 0.2) is 18.2 Å². The van der Waals surface area contributed by atoms with Crippen LogP contribution in [0.3, 0.4) is 0 Å². The third-order valence-electron chi connectivity index (χ3n) is 4.22. The maximum atomic E-state index is 11.7. The van der Waals surface area contributed by atoms with Crippen molar-refractivity contribution >= 4 is 32.9 Å². The highest BCUT2D eigenvalue weighted by molar-refractivity contribution is 7.91. The molecule has 1 saturated heterocycles. The molecule has 1 aliphatic rings. The molecule has 1 heterocycles. The molecule has 0 bridgehead atoms. The van der Waals surface area contributed by atoms with Crippen LogP contribution in [0.5, 0.6) is 0 Å². The number of rotatable bonds is 4. The molecule has 0 radical (unpaired) electrons. The molecule has 1 fully saturated rings. The van der Waals surface area contributed by atoms with Crippen LogP contribution in [-0.2, 0) is 9.84 Å². The van der Waals surface area contributed by atoms with Crippen molar-refractivity contribution in [2.75, 3.05) is 23.4 Å². The highest BCUT2D eigenvalue weighted by Crippen LogP contribution is 2.22. The zero-order valence-electron chi connectivity index (χ0n) is 13.4. The lowest BCUT2D eigenvalue weighted by Crippen LogP contribution is -2.44. The lowest BCUT2D eigenvalue weighted by Gasteiger charge is -2.31. The molecule has 0 spiro atoms. The van der Waals surface area contributed by atoms with Crippen LogP contribution in [0.2, 0.25) is 0 Å². The number of anilines is 1. The average molecular weight is 341 g/mol. The van der Waals surface area contributed by atoms with Crippen molar-refractivity contribution < 1.29 is 8.42 Å². The van der Waals surface area contributed by atoms with Crippen molar-refractivity contribution in [3.63, 3.8) is 0 Å². The summed E-state index contributed by atoms with van der Waals surface area (Å²) in [5.74, 6) is 0.478. The van der Waals surface area contributed by atoms with E-state index in [1.165, 1.54) is 11.1 Å². The molecule has 1 N–H and O–H groups in total. The van der Waals surface area contributed by atoms with Crippen LogP contribution >= 0.6 is 12.2 Å². The highest BCUT2D eigenvalue weighted by atomic mass is 32.2. The van der Waals surface area contributed by atoms with Gasteiger partial charge in [0.25, 0.3) is 0 Å². The number of hydrogen-bond donors (Lipinski definition) is 1. The maximum absolute atomic E-state index is 11.7. The Labute approximate surface area is 138 Å². The minimum atomic E-state index is -2.91. The normalized spacial score (nSPS) is 19.9. The number of aryl methyl sites for hydroxylation is 1. The summed E-state index contributed by atoms with van der Waals surface area (Å²) in [5, 5.41) is 3.93. The lowest BCUT2D eigenvalue weighted by atomic mass is 10.1. The van der Waals surface area contributed by atoms with Gasteiger partial charge in [0.05, 0.1) is 11.5 Å². The Morgan fingerprint density at radius 3 is 2.73 bits per heavy atom. The molecule has 4 nitrogen and oxygen atoms in total. The van der Waals surface area contributed by atoms with E-state index in [9.17, 15) is 8.42 Å². The van der Waals surface area contributed by atoms with Crippen molar-refractivity contribution in [2.24, 2.45) is 0 Å². The molecular weight excluding hydrogens is 316 g/mol. The smallest absolute Gasteiger partial charge is 0.173 e. The van der Waals surface area contributed by atoms with Gasteiger partial charge in [-0.2, -0.15) is 0 Å². The second-order valence-electron chi connectivity index (χ2n) is 5.93. The van der Waals surface area contributed by atoms with E-state index in [1.807, 2.05) is 17.0 Å². The van der Waals surface area contributed by atoms with Crippen molar-refractivity contribution in [1.82, 2.24) is 4.90 Å². The summed E-state index contributed by atoms with van der Waals surface area (Å²) in [6, 6.07) is 6.06. The van der Waals surface area contributed by atoms with E-state index >= 15 is 0 Å². The first kappa shape index (κ1) is 17.2. The SMILES string of the molecule is CCCN(C(=S)Nc1cccc(C)c1C)[C@@H]1CCS(=O)(=O)C1. The van der Waals surface area contributed by atoms with Crippen LogP contribution < -0.4 is 5.32 Å². The van der Waals surface area contributed by atoms with Crippen molar-refractivity contribution in [3.8, 4) is 0 Å². The minimum Gasteiger partial charge on any atom is -0.345 e. The minimum absolute atomic E-state index is 0.00457. The third kappa shape index (κ3) is 3.98. The summed E-state index contributed by atoms with van der Waals surface area (Å²) in [7, 11) is -2.91. The van der Waals surface area contributed by atoms with E-state index in [0.717, 1.165) is 18.7 Å². The fourth-order valence-corrected chi connectivity index (χ4v) is 4.87. The summed E-state index contributed by atoms with van der Waals surface area (Å²) in [6.07, 6.45) is 1.60. The summed E-state index contributed by atoms with van der Waals surface area (Å²) >= 11 is 5.56. The summed E-state index contributed by atoms with van der Waals surface area (Å²) in [5.41, 5.74) is 3.37. The highest BCUT2D eigenvalue weighted by Gasteiger charge is 2.33. The molecule has 0 unspecified atom stereocenters. The van der Waals surface area contributed by atoms with E-state index in [2.05, 4.69) is 32.2 Å². The van der Waals surface area contributed by atoms with Gasteiger partial charge in [-0.3, -0.25) is 0 Å². The van der Waals surface area contributed by atoms with Crippen LogP contribution in [0.1, 0.15) is 30.9 Å². The van der Waals surface area contributed by atoms with Crippen molar-refractivity contribution in [2.45, 2.75) is 39.7 Å². The van der Waals surface area contributed by atoms with Gasteiger partial charge in [0.15, 0.2) is 14.9 Å². The summed E-state index contributed by atoms with van der Waals surface area (Å²) < 4.78 is 23.5. The quantitative estimate of drug-likeness (QED) is 0.854. The molecule has 0 saturated carbocycles. The first-order chi connectivity index (χ1) is 10.3. The van der Waals surface area contributed by atoms with Crippen LogP contribution in [-0.4, -0.2) is 42.5 Å². The number of sulfone groups is 1. The largest absolute Gasteiger partial charge is 0.345 e.